The maximum absolute atomic E-state index is 13.9. The zero-order chi connectivity index (χ0) is 35.0. The molecule has 3 heterocycles. The van der Waals surface area contributed by atoms with E-state index in [2.05, 4.69) is 19.6 Å². The lowest BCUT2D eigenvalue weighted by Crippen LogP contribution is -2.76. The Morgan fingerprint density at radius 3 is 2.51 bits per heavy atom. The molecule has 3 N–H and O–H groups in total. The van der Waals surface area contributed by atoms with Crippen LogP contribution in [0.5, 0.6) is 0 Å². The number of Topliss-reactive ketones (excluding diaryl/α,β-unsaturated/α-hetero) is 1. The molecule has 10 nitrogen and oxygen atoms in total. The monoisotopic (exact) mass is 672 g/mol. The number of hydrogen-bond acceptors (Lipinski definition) is 10. The van der Waals surface area contributed by atoms with Gasteiger partial charge in [-0.1, -0.05) is 93.6 Å². The first-order valence-electron chi connectivity index (χ1n) is 17.0. The van der Waals surface area contributed by atoms with Crippen molar-refractivity contribution in [3.8, 4) is 0 Å². The molecule has 0 aromatic heterocycles. The van der Waals surface area contributed by atoms with Crippen LogP contribution in [0.4, 0.5) is 0 Å². The number of epoxide rings is 1. The van der Waals surface area contributed by atoms with Gasteiger partial charge in [-0.2, -0.15) is 0 Å². The van der Waals surface area contributed by atoms with Gasteiger partial charge in [0.05, 0.1) is 12.2 Å². The Labute approximate surface area is 286 Å². The SMILES string of the molecule is C=C(C)[C@@]12O[C@@]3(/C=C/C=C/C=C/CCC)O[C@@H]1[C@@H]1[C@@H]4O[C@]4(CO)[C@@H](O)[C@]4(O)C(=O)C(C)=C[C@H]4[C@@]1(O3)[C@H](C)[C@H]2OC(=O)/C=C/c1ccccc1. The first kappa shape index (κ1) is 34.0. The Bertz CT molecular complexity index is 1690. The minimum Gasteiger partial charge on any atom is -0.455 e. The minimum absolute atomic E-state index is 0.227. The van der Waals surface area contributed by atoms with Crippen molar-refractivity contribution in [2.45, 2.75) is 93.3 Å². The number of ketones is 1. The molecule has 3 aliphatic carbocycles. The van der Waals surface area contributed by atoms with E-state index in [1.165, 1.54) is 6.08 Å². The van der Waals surface area contributed by atoms with E-state index in [0.717, 1.165) is 18.4 Å². The van der Waals surface area contributed by atoms with E-state index in [0.29, 0.717) is 5.57 Å². The molecule has 0 spiro atoms. The largest absolute Gasteiger partial charge is 0.455 e. The number of esters is 1. The molecule has 49 heavy (non-hydrogen) atoms. The summed E-state index contributed by atoms with van der Waals surface area (Å²) < 4.78 is 33.1. The Morgan fingerprint density at radius 2 is 1.82 bits per heavy atom. The third-order valence-corrected chi connectivity index (χ3v) is 11.4. The zero-order valence-electron chi connectivity index (χ0n) is 28.2. The van der Waals surface area contributed by atoms with Gasteiger partial charge in [0.2, 0.25) is 0 Å². The Balaban J connectivity index is 1.39. The van der Waals surface area contributed by atoms with Gasteiger partial charge >= 0.3 is 11.9 Å². The highest BCUT2D eigenvalue weighted by Crippen LogP contribution is 2.73. The summed E-state index contributed by atoms with van der Waals surface area (Å²) in [5.74, 6) is -5.96. The Kier molecular flexibility index (Phi) is 8.19. The number of allylic oxidation sites excluding steroid dienone is 5. The standard InChI is InChI=1S/C39H44O10/c1-6-7-8-9-10-11-15-20-36-47-33-29-32-35(22-40,46-32)34(43)37(44)27(21-24(4)30(37)42)39(29,49-36)25(5)31(38(33,48-36)23(2)3)45-28(41)19-18-26-16-13-12-14-17-26/h8-21,25,27,29,31-34,40,43-44H,2,6-7,22H2,1,3-5H3/b9-8+,11-10+,19-18+,20-15+/t25-,27-,29+,31-,32+,33-,34-,35+,36-,37-,38+,39+/m1/s1. The van der Waals surface area contributed by atoms with Crippen molar-refractivity contribution < 1.29 is 48.6 Å². The van der Waals surface area contributed by atoms with Gasteiger partial charge < -0.3 is 39.0 Å². The zero-order valence-corrected chi connectivity index (χ0v) is 28.2. The summed E-state index contributed by atoms with van der Waals surface area (Å²) in [6.07, 6.45) is 12.8. The van der Waals surface area contributed by atoms with Crippen molar-refractivity contribution in [1.82, 2.24) is 0 Å². The molecule has 0 unspecified atom stereocenters. The maximum Gasteiger partial charge on any atom is 0.331 e. The van der Waals surface area contributed by atoms with Crippen LogP contribution in [0, 0.1) is 17.8 Å². The molecule has 3 saturated heterocycles. The first-order valence-corrected chi connectivity index (χ1v) is 17.0. The van der Waals surface area contributed by atoms with Gasteiger partial charge in [0.15, 0.2) is 17.0 Å². The highest BCUT2D eigenvalue weighted by atomic mass is 16.9. The van der Waals surface area contributed by atoms with Gasteiger partial charge in [0, 0.05) is 29.9 Å². The molecule has 10 heteroatoms. The van der Waals surface area contributed by atoms with Crippen LogP contribution in [0.1, 0.15) is 46.1 Å². The number of carbonyl (C=O) groups is 2. The lowest BCUT2D eigenvalue weighted by molar-refractivity contribution is -0.407. The molecule has 260 valence electrons. The van der Waals surface area contributed by atoms with Gasteiger partial charge in [0.1, 0.15) is 30.0 Å². The van der Waals surface area contributed by atoms with Crippen molar-refractivity contribution in [1.29, 1.82) is 0 Å². The van der Waals surface area contributed by atoms with E-state index in [9.17, 15) is 24.9 Å². The van der Waals surface area contributed by atoms with Crippen LogP contribution in [0.15, 0.2) is 96.7 Å². The van der Waals surface area contributed by atoms with E-state index in [1.54, 1.807) is 44.2 Å². The summed E-state index contributed by atoms with van der Waals surface area (Å²) in [6.45, 7) is 10.9. The third-order valence-electron chi connectivity index (χ3n) is 11.4. The van der Waals surface area contributed by atoms with Crippen LogP contribution in [0.25, 0.3) is 6.08 Å². The first-order chi connectivity index (χ1) is 23.4. The van der Waals surface area contributed by atoms with Crippen molar-refractivity contribution in [3.05, 3.63) is 102 Å². The van der Waals surface area contributed by atoms with Crippen molar-refractivity contribution in [2.24, 2.45) is 17.8 Å². The highest BCUT2D eigenvalue weighted by Gasteiger charge is 2.90. The predicted octanol–water partition coefficient (Wildman–Crippen LogP) is 3.88. The second-order valence-corrected chi connectivity index (χ2v) is 14.2. The van der Waals surface area contributed by atoms with Crippen LogP contribution >= 0.6 is 0 Å². The summed E-state index contributed by atoms with van der Waals surface area (Å²) in [7, 11) is 0. The van der Waals surface area contributed by atoms with Crippen molar-refractivity contribution in [2.75, 3.05) is 6.61 Å². The molecule has 2 saturated carbocycles. The molecule has 5 fully saturated rings. The number of rotatable bonds is 10. The fourth-order valence-corrected chi connectivity index (χ4v) is 9.16. The second kappa shape index (κ2) is 11.8. The molecular weight excluding hydrogens is 628 g/mol. The van der Waals surface area contributed by atoms with E-state index in [1.807, 2.05) is 49.4 Å². The van der Waals surface area contributed by atoms with E-state index < -0.39 is 88.9 Å². The van der Waals surface area contributed by atoms with Gasteiger partial charge in [-0.15, -0.1) is 0 Å². The molecular formula is C39H44O10. The van der Waals surface area contributed by atoms with Gasteiger partial charge in [-0.05, 0) is 43.1 Å². The maximum atomic E-state index is 13.9. The summed E-state index contributed by atoms with van der Waals surface area (Å²) in [6, 6.07) is 9.31. The van der Waals surface area contributed by atoms with Gasteiger partial charge in [0.25, 0.3) is 0 Å². The molecule has 3 bridgehead atoms. The number of aliphatic hydroxyl groups excluding tert-OH is 2. The predicted molar refractivity (Wildman–Crippen MR) is 178 cm³/mol. The third kappa shape index (κ3) is 4.58. The normalized spacial score (nSPS) is 44.8. The van der Waals surface area contributed by atoms with Crippen molar-refractivity contribution >= 4 is 17.8 Å². The lowest BCUT2D eigenvalue weighted by Gasteiger charge is -2.61. The summed E-state index contributed by atoms with van der Waals surface area (Å²) >= 11 is 0. The summed E-state index contributed by atoms with van der Waals surface area (Å²) in [5, 5.41) is 34.9. The molecule has 7 rings (SSSR count). The Morgan fingerprint density at radius 1 is 1.08 bits per heavy atom. The van der Waals surface area contributed by atoms with E-state index >= 15 is 0 Å². The fraction of sp³-hybridized carbons (Fsp3) is 0.487. The average Bonchev–Trinajstić information content (AvgIpc) is 3.71. The number of aliphatic hydroxyl groups is 3. The summed E-state index contributed by atoms with van der Waals surface area (Å²) in [4.78, 5) is 27.5. The number of hydrogen-bond donors (Lipinski definition) is 3. The number of ether oxygens (including phenoxy) is 5. The number of benzene rings is 1. The van der Waals surface area contributed by atoms with Crippen molar-refractivity contribution in [3.63, 3.8) is 0 Å². The molecule has 12 atom stereocenters. The molecule has 0 radical (unpaired) electrons. The molecule has 1 aromatic carbocycles. The lowest BCUT2D eigenvalue weighted by atomic mass is 9.53. The molecule has 3 aliphatic heterocycles. The second-order valence-electron chi connectivity index (χ2n) is 14.2. The summed E-state index contributed by atoms with van der Waals surface area (Å²) in [5.41, 5.74) is -5.64. The fourth-order valence-electron chi connectivity index (χ4n) is 9.16. The number of unbranched alkanes of at least 4 members (excludes halogenated alkanes) is 1. The highest BCUT2D eigenvalue weighted by molar-refractivity contribution is 6.05. The smallest absolute Gasteiger partial charge is 0.331 e. The van der Waals surface area contributed by atoms with Crippen LogP contribution < -0.4 is 0 Å². The van der Waals surface area contributed by atoms with Crippen LogP contribution in [0.3, 0.4) is 0 Å². The minimum atomic E-state index is -2.43. The average molecular weight is 673 g/mol. The van der Waals surface area contributed by atoms with Crippen LogP contribution in [0.2, 0.25) is 0 Å². The van der Waals surface area contributed by atoms with E-state index in [-0.39, 0.29) is 5.57 Å². The van der Waals surface area contributed by atoms with Gasteiger partial charge in [-0.3, -0.25) is 4.79 Å². The van der Waals surface area contributed by atoms with Crippen LogP contribution in [-0.4, -0.2) is 86.5 Å². The van der Waals surface area contributed by atoms with E-state index in [4.69, 9.17) is 23.7 Å². The van der Waals surface area contributed by atoms with Gasteiger partial charge in [-0.25, -0.2) is 4.79 Å². The topological polar surface area (TPSA) is 144 Å². The molecule has 6 aliphatic rings. The molecule has 0 amide bonds. The number of carbonyl (C=O) groups excluding carboxylic acids is 2. The van der Waals surface area contributed by atoms with Crippen LogP contribution in [-0.2, 0) is 33.3 Å². The number of fused-ring (bicyclic) bond motifs is 3. The quantitative estimate of drug-likeness (QED) is 0.110. The molecule has 1 aromatic rings. The Hall–Kier alpha value is -3.48.